The number of benzene rings is 2. The Morgan fingerprint density at radius 3 is 2.29 bits per heavy atom. The summed E-state index contributed by atoms with van der Waals surface area (Å²) in [4.78, 5) is 26.5. The van der Waals surface area contributed by atoms with Crippen LogP contribution >= 0.6 is 0 Å². The number of sulfonamides is 1. The summed E-state index contributed by atoms with van der Waals surface area (Å²) in [6.45, 7) is 1.01. The molecule has 0 saturated carbocycles. The Morgan fingerprint density at radius 2 is 1.61 bits per heavy atom. The molecule has 2 aromatic carbocycles. The van der Waals surface area contributed by atoms with E-state index in [0.717, 1.165) is 0 Å². The van der Waals surface area contributed by atoms with E-state index in [4.69, 9.17) is 4.42 Å². The number of piperazine rings is 1. The van der Waals surface area contributed by atoms with Crippen LogP contribution in [0.15, 0.2) is 82.3 Å². The second-order valence-electron chi connectivity index (χ2n) is 7.02. The highest BCUT2D eigenvalue weighted by molar-refractivity contribution is 7.89. The number of hydrogen-bond donors (Lipinski definition) is 1. The van der Waals surface area contributed by atoms with Crippen LogP contribution in [0.5, 0.6) is 0 Å². The molecule has 1 aliphatic rings. The van der Waals surface area contributed by atoms with Crippen molar-refractivity contribution in [1.82, 2.24) is 9.21 Å². The molecule has 0 aliphatic carbocycles. The van der Waals surface area contributed by atoms with Crippen LogP contribution < -0.4 is 5.32 Å². The highest BCUT2D eigenvalue weighted by atomic mass is 32.2. The number of hydrogen-bond acceptors (Lipinski definition) is 5. The number of amides is 2. The Labute approximate surface area is 180 Å². The number of nitrogens with one attached hydrogen (secondary N) is 1. The van der Waals surface area contributed by atoms with Crippen LogP contribution in [-0.4, -0.2) is 55.6 Å². The number of furan rings is 1. The SMILES string of the molecule is O=C(Nc1cccc(S(=O)(=O)N2CCN(C(=O)c3ccccc3)CC2)c1)c1ccco1. The number of rotatable bonds is 5. The molecular formula is C22H21N3O5S. The van der Waals surface area contributed by atoms with Gasteiger partial charge in [0.05, 0.1) is 11.2 Å². The number of nitrogens with zero attached hydrogens (tertiary/aromatic N) is 2. The van der Waals surface area contributed by atoms with Gasteiger partial charge in [-0.15, -0.1) is 0 Å². The van der Waals surface area contributed by atoms with E-state index in [1.54, 1.807) is 47.4 Å². The Bertz CT molecular complexity index is 1170. The lowest BCUT2D eigenvalue weighted by molar-refractivity contribution is 0.0698. The van der Waals surface area contributed by atoms with Crippen molar-refractivity contribution in [1.29, 1.82) is 0 Å². The molecule has 4 rings (SSSR count). The van der Waals surface area contributed by atoms with E-state index in [2.05, 4.69) is 5.32 Å². The Kier molecular flexibility index (Phi) is 5.88. The minimum Gasteiger partial charge on any atom is -0.459 e. The fraction of sp³-hybridized carbons (Fsp3) is 0.182. The molecule has 1 N–H and O–H groups in total. The molecule has 1 aromatic heterocycles. The first-order chi connectivity index (χ1) is 14.9. The molecule has 31 heavy (non-hydrogen) atoms. The molecule has 8 nitrogen and oxygen atoms in total. The molecule has 160 valence electrons. The zero-order chi connectivity index (χ0) is 21.8. The topological polar surface area (TPSA) is 99.9 Å². The van der Waals surface area contributed by atoms with Crippen molar-refractivity contribution in [3.63, 3.8) is 0 Å². The molecule has 1 fully saturated rings. The van der Waals surface area contributed by atoms with Crippen LogP contribution in [0.2, 0.25) is 0 Å². The molecule has 1 aliphatic heterocycles. The van der Waals surface area contributed by atoms with Crippen molar-refractivity contribution in [3.05, 3.63) is 84.3 Å². The summed E-state index contributed by atoms with van der Waals surface area (Å²) in [7, 11) is -3.77. The first-order valence-electron chi connectivity index (χ1n) is 9.74. The third kappa shape index (κ3) is 4.52. The molecule has 2 heterocycles. The summed E-state index contributed by atoms with van der Waals surface area (Å²) >= 11 is 0. The Hall–Kier alpha value is -3.43. The largest absolute Gasteiger partial charge is 0.459 e. The summed E-state index contributed by atoms with van der Waals surface area (Å²) in [5.74, 6) is -0.444. The van der Waals surface area contributed by atoms with Gasteiger partial charge in [-0.1, -0.05) is 24.3 Å². The lowest BCUT2D eigenvalue weighted by atomic mass is 10.2. The van der Waals surface area contributed by atoms with Crippen molar-refractivity contribution in [3.8, 4) is 0 Å². The van der Waals surface area contributed by atoms with Crippen molar-refractivity contribution < 1.29 is 22.4 Å². The van der Waals surface area contributed by atoms with Crippen molar-refractivity contribution in [2.75, 3.05) is 31.5 Å². The molecule has 0 atom stereocenters. The molecule has 0 radical (unpaired) electrons. The van der Waals surface area contributed by atoms with Gasteiger partial charge >= 0.3 is 0 Å². The average Bonchev–Trinajstić information content (AvgIpc) is 3.35. The van der Waals surface area contributed by atoms with Gasteiger partial charge in [-0.25, -0.2) is 8.42 Å². The summed E-state index contributed by atoms with van der Waals surface area (Å²) in [5.41, 5.74) is 0.930. The zero-order valence-corrected chi connectivity index (χ0v) is 17.4. The van der Waals surface area contributed by atoms with E-state index in [1.807, 2.05) is 6.07 Å². The fourth-order valence-corrected chi connectivity index (χ4v) is 4.85. The van der Waals surface area contributed by atoms with Gasteiger partial charge in [0.25, 0.3) is 11.8 Å². The molecule has 0 unspecified atom stereocenters. The van der Waals surface area contributed by atoms with Gasteiger partial charge in [-0.3, -0.25) is 9.59 Å². The molecule has 9 heteroatoms. The highest BCUT2D eigenvalue weighted by Crippen LogP contribution is 2.22. The van der Waals surface area contributed by atoms with Gasteiger partial charge in [0.2, 0.25) is 10.0 Å². The predicted octanol–water partition coefficient (Wildman–Crippen LogP) is 2.68. The highest BCUT2D eigenvalue weighted by Gasteiger charge is 2.30. The molecule has 2 amide bonds. The first-order valence-corrected chi connectivity index (χ1v) is 11.2. The molecule has 0 bridgehead atoms. The van der Waals surface area contributed by atoms with Gasteiger partial charge in [-0.2, -0.15) is 4.31 Å². The maximum atomic E-state index is 13.1. The smallest absolute Gasteiger partial charge is 0.291 e. The van der Waals surface area contributed by atoms with Crippen LogP contribution in [0.3, 0.4) is 0 Å². The van der Waals surface area contributed by atoms with Crippen LogP contribution in [0.25, 0.3) is 0 Å². The van der Waals surface area contributed by atoms with Crippen LogP contribution in [0.4, 0.5) is 5.69 Å². The summed E-state index contributed by atoms with van der Waals surface area (Å²) in [6.07, 6.45) is 1.39. The molecular weight excluding hydrogens is 418 g/mol. The van der Waals surface area contributed by atoms with Crippen LogP contribution in [0.1, 0.15) is 20.9 Å². The third-order valence-corrected chi connectivity index (χ3v) is 6.92. The first kappa shape index (κ1) is 20.8. The van der Waals surface area contributed by atoms with Gasteiger partial charge < -0.3 is 14.6 Å². The quantitative estimate of drug-likeness (QED) is 0.659. The van der Waals surface area contributed by atoms with E-state index in [1.165, 1.54) is 28.8 Å². The van der Waals surface area contributed by atoms with Crippen molar-refractivity contribution in [2.24, 2.45) is 0 Å². The normalized spacial score (nSPS) is 14.9. The molecule has 1 saturated heterocycles. The van der Waals surface area contributed by atoms with E-state index in [0.29, 0.717) is 24.3 Å². The number of anilines is 1. The van der Waals surface area contributed by atoms with Gasteiger partial charge in [0.1, 0.15) is 0 Å². The maximum Gasteiger partial charge on any atom is 0.291 e. The second-order valence-corrected chi connectivity index (χ2v) is 8.96. The van der Waals surface area contributed by atoms with Gasteiger partial charge in [0.15, 0.2) is 5.76 Å². The van der Waals surface area contributed by atoms with Crippen LogP contribution in [-0.2, 0) is 10.0 Å². The van der Waals surface area contributed by atoms with E-state index in [-0.39, 0.29) is 29.7 Å². The second kappa shape index (κ2) is 8.75. The number of carbonyl (C=O) groups is 2. The minimum atomic E-state index is -3.77. The third-order valence-electron chi connectivity index (χ3n) is 5.02. The lowest BCUT2D eigenvalue weighted by Crippen LogP contribution is -2.50. The predicted molar refractivity (Wildman–Crippen MR) is 114 cm³/mol. The number of carbonyl (C=O) groups excluding carboxylic acids is 2. The van der Waals surface area contributed by atoms with Crippen molar-refractivity contribution >= 4 is 27.5 Å². The van der Waals surface area contributed by atoms with E-state index in [9.17, 15) is 18.0 Å². The minimum absolute atomic E-state index is 0.0765. The summed E-state index contributed by atoms with van der Waals surface area (Å²) in [6, 6.07) is 18.1. The summed E-state index contributed by atoms with van der Waals surface area (Å²) in [5, 5.41) is 2.63. The Morgan fingerprint density at radius 1 is 0.871 bits per heavy atom. The molecule has 0 spiro atoms. The van der Waals surface area contributed by atoms with E-state index >= 15 is 0 Å². The van der Waals surface area contributed by atoms with Gasteiger partial charge in [0, 0.05) is 37.4 Å². The standard InChI is InChI=1S/C22H21N3O5S/c26-21(20-10-5-15-30-20)23-18-8-4-9-19(16-18)31(28,29)25-13-11-24(12-14-25)22(27)17-6-2-1-3-7-17/h1-10,15-16H,11-14H2,(H,23,26). The zero-order valence-electron chi connectivity index (χ0n) is 16.6. The Balaban J connectivity index is 1.43. The van der Waals surface area contributed by atoms with Crippen molar-refractivity contribution in [2.45, 2.75) is 4.90 Å². The fourth-order valence-electron chi connectivity index (χ4n) is 3.38. The van der Waals surface area contributed by atoms with Crippen LogP contribution in [0, 0.1) is 0 Å². The molecule has 3 aromatic rings. The van der Waals surface area contributed by atoms with Gasteiger partial charge in [-0.05, 0) is 42.5 Å². The lowest BCUT2D eigenvalue weighted by Gasteiger charge is -2.34. The maximum absolute atomic E-state index is 13.1. The summed E-state index contributed by atoms with van der Waals surface area (Å²) < 4.78 is 32.6. The van der Waals surface area contributed by atoms with E-state index < -0.39 is 15.9 Å². The average molecular weight is 439 g/mol. The monoisotopic (exact) mass is 439 g/mol.